The summed E-state index contributed by atoms with van der Waals surface area (Å²) < 4.78 is 5.78. The van der Waals surface area contributed by atoms with Gasteiger partial charge < -0.3 is 9.84 Å². The Labute approximate surface area is 160 Å². The number of hydrogen-bond donors (Lipinski definition) is 2. The lowest BCUT2D eigenvalue weighted by Gasteiger charge is -2.12. The summed E-state index contributed by atoms with van der Waals surface area (Å²) in [5.74, 6) is -0.356. The number of thioether (sulfide) groups is 1. The molecule has 0 spiro atoms. The van der Waals surface area contributed by atoms with Crippen molar-refractivity contribution >= 4 is 28.9 Å². The number of ether oxygens (including phenoxy) is 1. The molecule has 0 aliphatic carbocycles. The predicted molar refractivity (Wildman–Crippen MR) is 102 cm³/mol. The fraction of sp³-hybridized carbons (Fsp3) is 0.250. The molecule has 2 aromatic carbocycles. The van der Waals surface area contributed by atoms with Crippen molar-refractivity contribution in [1.82, 2.24) is 5.32 Å². The second kappa shape index (κ2) is 8.26. The Balaban J connectivity index is 1.62. The van der Waals surface area contributed by atoms with Gasteiger partial charge >= 0.3 is 5.97 Å². The molecule has 6 nitrogen and oxygen atoms in total. The average Bonchev–Trinajstić information content (AvgIpc) is 2.95. The Bertz CT molecular complexity index is 848. The maximum Gasteiger partial charge on any atom is 0.310 e. The summed E-state index contributed by atoms with van der Waals surface area (Å²) in [7, 11) is 0. The topological polar surface area (TPSA) is 92.7 Å². The number of carbonyl (C=O) groups excluding carboxylic acids is 2. The van der Waals surface area contributed by atoms with Crippen molar-refractivity contribution in [3.05, 3.63) is 59.7 Å². The maximum atomic E-state index is 11.6. The average molecular weight is 385 g/mol. The molecule has 0 radical (unpaired) electrons. The third-order valence-corrected chi connectivity index (χ3v) is 5.32. The number of rotatable bonds is 7. The predicted octanol–water partition coefficient (Wildman–Crippen LogP) is 3.95. The van der Waals surface area contributed by atoms with Crippen LogP contribution in [-0.2, 0) is 16.0 Å². The third kappa shape index (κ3) is 4.68. The lowest BCUT2D eigenvalue weighted by molar-refractivity contribution is -0.138. The van der Waals surface area contributed by atoms with E-state index in [1.54, 1.807) is 36.4 Å². The fourth-order valence-electron chi connectivity index (χ4n) is 2.89. The van der Waals surface area contributed by atoms with E-state index in [1.807, 2.05) is 19.1 Å². The van der Waals surface area contributed by atoms with Crippen LogP contribution in [0.2, 0.25) is 0 Å². The van der Waals surface area contributed by atoms with Gasteiger partial charge in [0, 0.05) is 0 Å². The molecule has 2 atom stereocenters. The van der Waals surface area contributed by atoms with Crippen LogP contribution >= 0.6 is 11.8 Å². The zero-order chi connectivity index (χ0) is 19.4. The van der Waals surface area contributed by atoms with Crippen LogP contribution in [0.3, 0.4) is 0 Å². The van der Waals surface area contributed by atoms with Gasteiger partial charge in [0.05, 0.1) is 11.2 Å². The van der Waals surface area contributed by atoms with Gasteiger partial charge in [-0.2, -0.15) is 0 Å². The van der Waals surface area contributed by atoms with Gasteiger partial charge in [0.1, 0.15) is 11.5 Å². The summed E-state index contributed by atoms with van der Waals surface area (Å²) in [6.07, 6.45) is 1.00. The number of carbonyl (C=O) groups is 3. The van der Waals surface area contributed by atoms with E-state index in [1.165, 1.54) is 0 Å². The molecule has 27 heavy (non-hydrogen) atoms. The number of benzene rings is 2. The Morgan fingerprint density at radius 3 is 2.19 bits per heavy atom. The van der Waals surface area contributed by atoms with Gasteiger partial charge in [0.25, 0.3) is 5.24 Å². The zero-order valence-corrected chi connectivity index (χ0v) is 15.5. The van der Waals surface area contributed by atoms with Gasteiger partial charge in [-0.1, -0.05) is 43.0 Å². The molecule has 2 aromatic rings. The normalized spacial score (nSPS) is 17.4. The molecule has 0 aromatic heterocycles. The van der Waals surface area contributed by atoms with E-state index in [9.17, 15) is 19.5 Å². The summed E-state index contributed by atoms with van der Waals surface area (Å²) >= 11 is 1.01. The number of amides is 2. The van der Waals surface area contributed by atoms with Crippen molar-refractivity contribution in [2.75, 3.05) is 0 Å². The van der Waals surface area contributed by atoms with Crippen LogP contribution in [0.5, 0.6) is 11.5 Å². The smallest absolute Gasteiger partial charge is 0.310 e. The lowest BCUT2D eigenvalue weighted by atomic mass is 9.97. The van der Waals surface area contributed by atoms with E-state index in [0.717, 1.165) is 22.9 Å². The summed E-state index contributed by atoms with van der Waals surface area (Å²) in [6, 6.07) is 14.3. The van der Waals surface area contributed by atoms with Crippen molar-refractivity contribution in [3.63, 3.8) is 0 Å². The number of nitrogens with one attached hydrogen (secondary N) is 1. The molecule has 1 saturated heterocycles. The highest BCUT2D eigenvalue weighted by Gasteiger charge is 2.31. The van der Waals surface area contributed by atoms with Crippen LogP contribution in [0, 0.1) is 0 Å². The molecule has 7 heteroatoms. The minimum absolute atomic E-state index is 0.253. The molecule has 1 aliphatic rings. The molecule has 1 heterocycles. The second-order valence-electron chi connectivity index (χ2n) is 6.20. The molecule has 0 saturated carbocycles. The first-order valence-corrected chi connectivity index (χ1v) is 9.45. The minimum atomic E-state index is -0.836. The van der Waals surface area contributed by atoms with E-state index in [0.29, 0.717) is 24.3 Å². The molecule has 2 N–H and O–H groups in total. The number of carboxylic acid groups (broad SMARTS) is 1. The highest BCUT2D eigenvalue weighted by atomic mass is 32.2. The van der Waals surface area contributed by atoms with Crippen LogP contribution in [0.15, 0.2) is 48.5 Å². The van der Waals surface area contributed by atoms with Gasteiger partial charge in [-0.15, -0.1) is 0 Å². The van der Waals surface area contributed by atoms with E-state index < -0.39 is 17.1 Å². The summed E-state index contributed by atoms with van der Waals surface area (Å²) in [5, 5.41) is 10.8. The Kier molecular flexibility index (Phi) is 5.81. The van der Waals surface area contributed by atoms with Crippen molar-refractivity contribution < 1.29 is 24.2 Å². The van der Waals surface area contributed by atoms with Crippen molar-refractivity contribution in [2.45, 2.75) is 30.9 Å². The molecule has 2 unspecified atom stereocenters. The first kappa shape index (κ1) is 19.0. The van der Waals surface area contributed by atoms with Gasteiger partial charge in [-0.05, 0) is 48.2 Å². The van der Waals surface area contributed by atoms with Crippen molar-refractivity contribution in [2.24, 2.45) is 0 Å². The zero-order valence-electron chi connectivity index (χ0n) is 14.7. The number of imide groups is 1. The van der Waals surface area contributed by atoms with Crippen LogP contribution in [0.25, 0.3) is 0 Å². The maximum absolute atomic E-state index is 11.6. The van der Waals surface area contributed by atoms with E-state index in [2.05, 4.69) is 5.32 Å². The molecular weight excluding hydrogens is 366 g/mol. The molecule has 0 bridgehead atoms. The van der Waals surface area contributed by atoms with Crippen LogP contribution in [-0.4, -0.2) is 27.5 Å². The van der Waals surface area contributed by atoms with Gasteiger partial charge in [-0.25, -0.2) is 0 Å². The number of hydrogen-bond acceptors (Lipinski definition) is 5. The Morgan fingerprint density at radius 1 is 1.11 bits per heavy atom. The second-order valence-corrected chi connectivity index (χ2v) is 7.38. The highest BCUT2D eigenvalue weighted by molar-refractivity contribution is 8.15. The van der Waals surface area contributed by atoms with E-state index in [-0.39, 0.29) is 11.1 Å². The molecule has 2 amide bonds. The molecule has 1 fully saturated rings. The first-order valence-electron chi connectivity index (χ1n) is 8.57. The largest absolute Gasteiger partial charge is 0.481 e. The summed E-state index contributed by atoms with van der Waals surface area (Å²) in [4.78, 5) is 34.1. The molecular formula is C20H19NO5S. The van der Waals surface area contributed by atoms with Gasteiger partial charge in [-0.3, -0.25) is 19.7 Å². The summed E-state index contributed by atoms with van der Waals surface area (Å²) in [6.45, 7) is 1.84. The lowest BCUT2D eigenvalue weighted by Crippen LogP contribution is -2.25. The molecule has 1 aliphatic heterocycles. The van der Waals surface area contributed by atoms with Gasteiger partial charge in [0.15, 0.2) is 0 Å². The highest BCUT2D eigenvalue weighted by Crippen LogP contribution is 2.27. The minimum Gasteiger partial charge on any atom is -0.481 e. The van der Waals surface area contributed by atoms with E-state index in [4.69, 9.17) is 4.74 Å². The molecule has 3 rings (SSSR count). The molecule has 140 valence electrons. The monoisotopic (exact) mass is 385 g/mol. The number of aliphatic carboxylic acids is 1. The van der Waals surface area contributed by atoms with Gasteiger partial charge in [0.2, 0.25) is 5.91 Å². The standard InChI is InChI=1S/C20H19NO5S/c1-2-16(19(23)24)13-5-9-15(10-6-13)26-14-7-3-12(4-8-14)11-17-18(22)21-20(25)27-17/h3-10,16-17H,2,11H2,1H3,(H,23,24)(H,21,22,25). The van der Waals surface area contributed by atoms with Crippen LogP contribution in [0.4, 0.5) is 4.79 Å². The summed E-state index contributed by atoms with van der Waals surface area (Å²) in [5.41, 5.74) is 1.68. The fourth-order valence-corrected chi connectivity index (χ4v) is 3.75. The van der Waals surface area contributed by atoms with E-state index >= 15 is 0 Å². The SMILES string of the molecule is CCC(C(=O)O)c1ccc(Oc2ccc(CC3SC(=O)NC3=O)cc2)cc1. The third-order valence-electron chi connectivity index (χ3n) is 4.34. The quantitative estimate of drug-likeness (QED) is 0.750. The Morgan fingerprint density at radius 2 is 1.70 bits per heavy atom. The Hall–Kier alpha value is -2.80. The first-order chi connectivity index (χ1) is 13.0. The van der Waals surface area contributed by atoms with Crippen LogP contribution < -0.4 is 10.1 Å². The van der Waals surface area contributed by atoms with Crippen molar-refractivity contribution in [3.8, 4) is 11.5 Å². The van der Waals surface area contributed by atoms with Crippen LogP contribution in [0.1, 0.15) is 30.4 Å². The van der Waals surface area contributed by atoms with Crippen molar-refractivity contribution in [1.29, 1.82) is 0 Å². The number of carboxylic acids is 1.